The van der Waals surface area contributed by atoms with Crippen LogP contribution in [-0.2, 0) is 19.6 Å². The predicted octanol–water partition coefficient (Wildman–Crippen LogP) is 3.40. The van der Waals surface area contributed by atoms with E-state index in [1.807, 2.05) is 22.8 Å². The number of rotatable bonds is 5. The molecule has 3 heterocycles. The molecule has 3 aromatic rings. The van der Waals surface area contributed by atoms with Gasteiger partial charge in [-0.05, 0) is 30.5 Å². The zero-order valence-corrected chi connectivity index (χ0v) is 17.5. The highest BCUT2D eigenvalue weighted by atomic mass is 19.1. The Hall–Kier alpha value is -3.29. The summed E-state index contributed by atoms with van der Waals surface area (Å²) in [4.78, 5) is 25.7. The molecule has 0 saturated heterocycles. The second-order valence-electron chi connectivity index (χ2n) is 8.40. The molecule has 1 aromatic carbocycles. The molecule has 1 saturated carbocycles. The Bertz CT molecular complexity index is 1070. The van der Waals surface area contributed by atoms with Gasteiger partial charge >= 0.3 is 0 Å². The molecule has 2 aromatic heterocycles. The van der Waals surface area contributed by atoms with E-state index in [1.165, 1.54) is 25.0 Å². The Morgan fingerprint density at radius 1 is 1.16 bits per heavy atom. The van der Waals surface area contributed by atoms with Crippen LogP contribution in [0.25, 0.3) is 0 Å². The third-order valence-electron chi connectivity index (χ3n) is 6.24. The highest BCUT2D eigenvalue weighted by molar-refractivity contribution is 5.92. The van der Waals surface area contributed by atoms with Crippen LogP contribution >= 0.6 is 0 Å². The number of aromatic nitrogens is 4. The summed E-state index contributed by atoms with van der Waals surface area (Å²) in [5.74, 6) is 0.384. The van der Waals surface area contributed by atoms with Crippen molar-refractivity contribution in [2.75, 3.05) is 11.9 Å². The molecule has 0 bridgehead atoms. The Morgan fingerprint density at radius 2 is 1.94 bits per heavy atom. The molecule has 1 aliphatic carbocycles. The van der Waals surface area contributed by atoms with Gasteiger partial charge in [0.05, 0.1) is 31.2 Å². The van der Waals surface area contributed by atoms with Crippen LogP contribution in [0.2, 0.25) is 0 Å². The van der Waals surface area contributed by atoms with Crippen LogP contribution in [0.4, 0.5) is 10.2 Å². The van der Waals surface area contributed by atoms with Gasteiger partial charge in [-0.3, -0.25) is 14.5 Å². The summed E-state index contributed by atoms with van der Waals surface area (Å²) in [6.07, 6.45) is 9.75. The molecule has 1 aliphatic heterocycles. The topological polar surface area (TPSA) is 67.2 Å². The summed E-state index contributed by atoms with van der Waals surface area (Å²) in [7, 11) is 1.86. The van der Waals surface area contributed by atoms with Gasteiger partial charge in [-0.25, -0.2) is 9.37 Å². The third kappa shape index (κ3) is 4.02. The predicted molar refractivity (Wildman–Crippen MR) is 114 cm³/mol. The van der Waals surface area contributed by atoms with Crippen molar-refractivity contribution in [1.29, 1.82) is 0 Å². The molecule has 0 spiro atoms. The van der Waals surface area contributed by atoms with Gasteiger partial charge in [0.1, 0.15) is 17.3 Å². The fraction of sp³-hybridized carbons (Fsp3) is 0.391. The lowest BCUT2D eigenvalue weighted by Gasteiger charge is -2.24. The summed E-state index contributed by atoms with van der Waals surface area (Å²) >= 11 is 0. The minimum Gasteiger partial charge on any atom is -0.345 e. The molecule has 0 unspecified atom stereocenters. The summed E-state index contributed by atoms with van der Waals surface area (Å²) in [6, 6.07) is 6.77. The van der Waals surface area contributed by atoms with Crippen molar-refractivity contribution in [1.82, 2.24) is 24.6 Å². The number of fused-ring (bicyclic) bond motifs is 1. The van der Waals surface area contributed by atoms with Crippen molar-refractivity contribution in [3.05, 3.63) is 71.2 Å². The molecule has 0 radical (unpaired) electrons. The second kappa shape index (κ2) is 8.09. The summed E-state index contributed by atoms with van der Waals surface area (Å²) in [5.41, 5.74) is 3.51. The zero-order valence-electron chi connectivity index (χ0n) is 17.5. The van der Waals surface area contributed by atoms with Crippen molar-refractivity contribution < 1.29 is 9.18 Å². The number of nitrogens with zero attached hydrogens (tertiary/aromatic N) is 6. The van der Waals surface area contributed by atoms with Crippen LogP contribution in [0.5, 0.6) is 0 Å². The van der Waals surface area contributed by atoms with E-state index in [-0.39, 0.29) is 11.7 Å². The van der Waals surface area contributed by atoms with Gasteiger partial charge in [-0.15, -0.1) is 0 Å². The fourth-order valence-electron chi connectivity index (χ4n) is 4.48. The lowest BCUT2D eigenvalue weighted by atomic mass is 10.2. The maximum atomic E-state index is 13.1. The molecule has 1 fully saturated rings. The Morgan fingerprint density at radius 3 is 2.68 bits per heavy atom. The monoisotopic (exact) mass is 420 g/mol. The lowest BCUT2D eigenvalue weighted by Crippen LogP contribution is -2.36. The average molecular weight is 420 g/mol. The van der Waals surface area contributed by atoms with Gasteiger partial charge < -0.3 is 9.80 Å². The smallest absolute Gasteiger partial charge is 0.274 e. The fourth-order valence-corrected chi connectivity index (χ4v) is 4.48. The molecule has 0 atom stereocenters. The van der Waals surface area contributed by atoms with E-state index in [2.05, 4.69) is 20.0 Å². The van der Waals surface area contributed by atoms with E-state index < -0.39 is 0 Å². The van der Waals surface area contributed by atoms with Crippen molar-refractivity contribution in [2.45, 2.75) is 51.4 Å². The highest BCUT2D eigenvalue weighted by Gasteiger charge is 2.27. The normalized spacial score (nSPS) is 16.0. The molecule has 7 nitrogen and oxygen atoms in total. The van der Waals surface area contributed by atoms with E-state index in [9.17, 15) is 9.18 Å². The van der Waals surface area contributed by atoms with Gasteiger partial charge in [0.25, 0.3) is 5.91 Å². The number of benzene rings is 1. The van der Waals surface area contributed by atoms with Crippen LogP contribution in [0.1, 0.15) is 53.0 Å². The number of anilines is 1. The van der Waals surface area contributed by atoms with Crippen LogP contribution < -0.4 is 4.90 Å². The van der Waals surface area contributed by atoms with Crippen LogP contribution in [0.3, 0.4) is 0 Å². The van der Waals surface area contributed by atoms with Crippen molar-refractivity contribution in [3.8, 4) is 0 Å². The van der Waals surface area contributed by atoms with Crippen LogP contribution in [-0.4, -0.2) is 43.6 Å². The van der Waals surface area contributed by atoms with Crippen molar-refractivity contribution in [3.63, 3.8) is 0 Å². The first kappa shape index (κ1) is 19.7. The third-order valence-corrected chi connectivity index (χ3v) is 6.24. The van der Waals surface area contributed by atoms with E-state index in [4.69, 9.17) is 0 Å². The lowest BCUT2D eigenvalue weighted by molar-refractivity contribution is 0.0729. The standard InChI is InChI=1S/C23H25FN6O/c1-28(19-4-2-3-5-19)23(31)20-10-25-11-22(26-20)29-13-17-14-30(27-21(17)15-29)12-16-6-8-18(24)9-7-16/h6-11,14,19H,2-5,12-13,15H2,1H3. The summed E-state index contributed by atoms with van der Waals surface area (Å²) < 4.78 is 15.0. The van der Waals surface area contributed by atoms with Crippen LogP contribution in [0, 0.1) is 5.82 Å². The highest BCUT2D eigenvalue weighted by Crippen LogP contribution is 2.27. The maximum Gasteiger partial charge on any atom is 0.274 e. The van der Waals surface area contributed by atoms with E-state index in [1.54, 1.807) is 24.5 Å². The second-order valence-corrected chi connectivity index (χ2v) is 8.40. The SMILES string of the molecule is CN(C(=O)c1cncc(N2Cc3cn(Cc4ccc(F)cc4)nc3C2)n1)C1CCCC1. The summed E-state index contributed by atoms with van der Waals surface area (Å²) in [5, 5.41) is 4.68. The average Bonchev–Trinajstić information content (AvgIpc) is 3.51. The largest absolute Gasteiger partial charge is 0.345 e. The van der Waals surface area contributed by atoms with Gasteiger partial charge in [0.2, 0.25) is 0 Å². The molecular formula is C23H25FN6O. The van der Waals surface area contributed by atoms with E-state index >= 15 is 0 Å². The molecule has 5 rings (SSSR count). The van der Waals surface area contributed by atoms with Gasteiger partial charge in [-0.1, -0.05) is 25.0 Å². The Balaban J connectivity index is 1.27. The molecule has 1 amide bonds. The van der Waals surface area contributed by atoms with Gasteiger partial charge in [0.15, 0.2) is 0 Å². The molecule has 2 aliphatic rings. The first-order valence-corrected chi connectivity index (χ1v) is 10.7. The molecular weight excluding hydrogens is 395 g/mol. The van der Waals surface area contributed by atoms with Gasteiger partial charge in [0, 0.05) is 31.4 Å². The first-order valence-electron chi connectivity index (χ1n) is 10.7. The van der Waals surface area contributed by atoms with E-state index in [0.29, 0.717) is 37.2 Å². The minimum absolute atomic E-state index is 0.0670. The Labute approximate surface area is 180 Å². The van der Waals surface area contributed by atoms with Crippen molar-refractivity contribution in [2.24, 2.45) is 0 Å². The number of hydrogen-bond donors (Lipinski definition) is 0. The quantitative estimate of drug-likeness (QED) is 0.633. The molecule has 0 N–H and O–H groups in total. The number of hydrogen-bond acceptors (Lipinski definition) is 5. The number of carbonyl (C=O) groups excluding carboxylic acids is 1. The maximum absolute atomic E-state index is 13.1. The van der Waals surface area contributed by atoms with Gasteiger partial charge in [-0.2, -0.15) is 5.10 Å². The van der Waals surface area contributed by atoms with Crippen LogP contribution in [0.15, 0.2) is 42.9 Å². The molecule has 31 heavy (non-hydrogen) atoms. The number of carbonyl (C=O) groups is 1. The first-order chi connectivity index (χ1) is 15.1. The van der Waals surface area contributed by atoms with Crippen molar-refractivity contribution >= 4 is 11.7 Å². The Kier molecular flexibility index (Phi) is 5.13. The summed E-state index contributed by atoms with van der Waals surface area (Å²) in [6.45, 7) is 1.89. The van der Waals surface area contributed by atoms with E-state index in [0.717, 1.165) is 29.7 Å². The molecule has 8 heteroatoms. The zero-order chi connectivity index (χ0) is 21.4. The minimum atomic E-state index is -0.237. The number of amides is 1. The molecule has 160 valence electrons. The number of halogens is 1.